The van der Waals surface area contributed by atoms with Gasteiger partial charge in [0.1, 0.15) is 24.4 Å². The van der Waals surface area contributed by atoms with Gasteiger partial charge in [-0.1, -0.05) is 6.92 Å². The smallest absolute Gasteiger partial charge is 0.229 e. The molecule has 1 aromatic rings. The van der Waals surface area contributed by atoms with Gasteiger partial charge in [-0.05, 0) is 18.2 Å². The van der Waals surface area contributed by atoms with Crippen molar-refractivity contribution in [2.75, 3.05) is 13.7 Å². The molecule has 5 atom stereocenters. The van der Waals surface area contributed by atoms with Crippen molar-refractivity contribution in [1.29, 1.82) is 0 Å². The number of ketones is 1. The maximum absolute atomic E-state index is 11.7. The zero-order valence-corrected chi connectivity index (χ0v) is 13.5. The van der Waals surface area contributed by atoms with Crippen molar-refractivity contribution in [1.82, 2.24) is 0 Å². The number of aliphatic hydroxyl groups is 4. The summed E-state index contributed by atoms with van der Waals surface area (Å²) in [5, 5.41) is 38.7. The van der Waals surface area contributed by atoms with Crippen LogP contribution in [0.2, 0.25) is 0 Å². The molecule has 0 bridgehead atoms. The number of hydrogen-bond donors (Lipinski definition) is 4. The van der Waals surface area contributed by atoms with Crippen LogP contribution in [0.5, 0.6) is 11.5 Å². The highest BCUT2D eigenvalue weighted by atomic mass is 16.7. The number of rotatable bonds is 6. The van der Waals surface area contributed by atoms with Crippen molar-refractivity contribution in [3.05, 3.63) is 23.8 Å². The lowest BCUT2D eigenvalue weighted by molar-refractivity contribution is -0.277. The van der Waals surface area contributed by atoms with E-state index >= 15 is 0 Å². The van der Waals surface area contributed by atoms with Gasteiger partial charge in [-0.15, -0.1) is 0 Å². The van der Waals surface area contributed by atoms with E-state index < -0.39 is 37.3 Å². The molecule has 0 spiro atoms. The molecule has 1 aliphatic rings. The van der Waals surface area contributed by atoms with Crippen LogP contribution in [0.4, 0.5) is 0 Å². The molecule has 0 aliphatic carbocycles. The summed E-state index contributed by atoms with van der Waals surface area (Å²) in [4.78, 5) is 11.7. The zero-order chi connectivity index (χ0) is 17.9. The molecule has 1 saturated heterocycles. The summed E-state index contributed by atoms with van der Waals surface area (Å²) in [6.07, 6.45) is -6.56. The second kappa shape index (κ2) is 7.91. The van der Waals surface area contributed by atoms with E-state index in [1.807, 2.05) is 0 Å². The molecule has 4 N–H and O–H groups in total. The zero-order valence-electron chi connectivity index (χ0n) is 13.5. The summed E-state index contributed by atoms with van der Waals surface area (Å²) in [7, 11) is 1.40. The third kappa shape index (κ3) is 3.68. The SMILES string of the molecule is CCC(=O)c1ccc(O[C@H]2OC(CO)[C@@H](O)C(O)C2O)c(OC)c1. The van der Waals surface area contributed by atoms with E-state index in [9.17, 15) is 25.2 Å². The average Bonchev–Trinajstić information content (AvgIpc) is 2.61. The Morgan fingerprint density at radius 1 is 1.17 bits per heavy atom. The summed E-state index contributed by atoms with van der Waals surface area (Å²) < 4.78 is 16.0. The van der Waals surface area contributed by atoms with Gasteiger partial charge in [0.15, 0.2) is 17.3 Å². The van der Waals surface area contributed by atoms with E-state index in [-0.39, 0.29) is 17.3 Å². The van der Waals surface area contributed by atoms with Crippen molar-refractivity contribution >= 4 is 5.78 Å². The Bertz CT molecular complexity index is 573. The van der Waals surface area contributed by atoms with Crippen LogP contribution < -0.4 is 9.47 Å². The van der Waals surface area contributed by atoms with Gasteiger partial charge in [-0.25, -0.2) is 0 Å². The molecule has 0 aromatic heterocycles. The molecule has 2 rings (SSSR count). The second-order valence-corrected chi connectivity index (χ2v) is 5.46. The normalized spacial score (nSPS) is 30.0. The molecule has 8 nitrogen and oxygen atoms in total. The van der Waals surface area contributed by atoms with Crippen molar-refractivity contribution in [2.45, 2.75) is 44.1 Å². The van der Waals surface area contributed by atoms with Crippen LogP contribution >= 0.6 is 0 Å². The van der Waals surface area contributed by atoms with Crippen LogP contribution in [0.3, 0.4) is 0 Å². The van der Waals surface area contributed by atoms with E-state index in [0.29, 0.717) is 12.0 Å². The molecule has 0 amide bonds. The summed E-state index contributed by atoms with van der Waals surface area (Å²) in [5.74, 6) is 0.383. The molecular weight excluding hydrogens is 320 g/mol. The first kappa shape index (κ1) is 18.6. The largest absolute Gasteiger partial charge is 0.493 e. The van der Waals surface area contributed by atoms with Gasteiger partial charge in [-0.3, -0.25) is 4.79 Å². The maximum Gasteiger partial charge on any atom is 0.229 e. The molecule has 1 aromatic carbocycles. The topological polar surface area (TPSA) is 126 Å². The number of Topliss-reactive ketones (excluding diaryl/α,β-unsaturated/α-hetero) is 1. The Kier molecular flexibility index (Phi) is 6.14. The molecule has 1 heterocycles. The van der Waals surface area contributed by atoms with Crippen LogP contribution in [0.25, 0.3) is 0 Å². The van der Waals surface area contributed by atoms with Crippen molar-refractivity contribution in [2.24, 2.45) is 0 Å². The van der Waals surface area contributed by atoms with Gasteiger partial charge in [-0.2, -0.15) is 0 Å². The predicted octanol–water partition coefficient (Wildman–Crippen LogP) is -0.533. The molecule has 0 saturated carbocycles. The Labute approximate surface area is 139 Å². The molecule has 8 heteroatoms. The highest BCUT2D eigenvalue weighted by Gasteiger charge is 2.44. The predicted molar refractivity (Wildman–Crippen MR) is 82.0 cm³/mol. The fourth-order valence-electron chi connectivity index (χ4n) is 2.43. The molecule has 24 heavy (non-hydrogen) atoms. The Morgan fingerprint density at radius 2 is 1.88 bits per heavy atom. The van der Waals surface area contributed by atoms with E-state index in [0.717, 1.165) is 0 Å². The van der Waals surface area contributed by atoms with Gasteiger partial charge in [0, 0.05) is 12.0 Å². The molecule has 1 fully saturated rings. The highest BCUT2D eigenvalue weighted by molar-refractivity contribution is 5.96. The summed E-state index contributed by atoms with van der Waals surface area (Å²) >= 11 is 0. The number of ether oxygens (including phenoxy) is 3. The molecule has 1 aliphatic heterocycles. The van der Waals surface area contributed by atoms with Crippen LogP contribution in [0.15, 0.2) is 18.2 Å². The Hall–Kier alpha value is -1.71. The Morgan fingerprint density at radius 3 is 2.46 bits per heavy atom. The van der Waals surface area contributed by atoms with E-state index in [2.05, 4.69) is 0 Å². The number of aliphatic hydroxyl groups excluding tert-OH is 4. The fraction of sp³-hybridized carbons (Fsp3) is 0.562. The van der Waals surface area contributed by atoms with Crippen LogP contribution in [0.1, 0.15) is 23.7 Å². The standard InChI is InChI=1S/C16H22O8/c1-3-9(18)8-4-5-10(11(6-8)22-2)23-16-15(21)14(20)13(19)12(7-17)24-16/h4-6,12-17,19-21H,3,7H2,1-2H3/t12?,13-,14?,15?,16+/m1/s1. The van der Waals surface area contributed by atoms with Crippen LogP contribution in [-0.4, -0.2) is 70.6 Å². The maximum atomic E-state index is 11.7. The quantitative estimate of drug-likeness (QED) is 0.508. The van der Waals surface area contributed by atoms with Gasteiger partial charge >= 0.3 is 0 Å². The first-order valence-electron chi connectivity index (χ1n) is 7.61. The molecular formula is C16H22O8. The van der Waals surface area contributed by atoms with Crippen LogP contribution in [0, 0.1) is 0 Å². The third-order valence-electron chi connectivity index (χ3n) is 3.90. The second-order valence-electron chi connectivity index (χ2n) is 5.46. The minimum absolute atomic E-state index is 0.0623. The lowest BCUT2D eigenvalue weighted by Gasteiger charge is -2.39. The van der Waals surface area contributed by atoms with E-state index in [1.54, 1.807) is 13.0 Å². The summed E-state index contributed by atoms with van der Waals surface area (Å²) in [5.41, 5.74) is 0.454. The summed E-state index contributed by atoms with van der Waals surface area (Å²) in [6, 6.07) is 4.54. The van der Waals surface area contributed by atoms with Gasteiger partial charge in [0.25, 0.3) is 0 Å². The van der Waals surface area contributed by atoms with Crippen molar-refractivity contribution in [3.63, 3.8) is 0 Å². The number of benzene rings is 1. The average molecular weight is 342 g/mol. The third-order valence-corrected chi connectivity index (χ3v) is 3.90. The molecule has 134 valence electrons. The number of hydrogen-bond acceptors (Lipinski definition) is 8. The fourth-order valence-corrected chi connectivity index (χ4v) is 2.43. The van der Waals surface area contributed by atoms with Crippen molar-refractivity contribution in [3.8, 4) is 11.5 Å². The van der Waals surface area contributed by atoms with Crippen LogP contribution in [-0.2, 0) is 4.74 Å². The number of methoxy groups -OCH3 is 1. The minimum Gasteiger partial charge on any atom is -0.493 e. The summed E-state index contributed by atoms with van der Waals surface area (Å²) in [6.45, 7) is 1.19. The monoisotopic (exact) mass is 342 g/mol. The van der Waals surface area contributed by atoms with E-state index in [4.69, 9.17) is 14.2 Å². The molecule has 0 radical (unpaired) electrons. The van der Waals surface area contributed by atoms with Crippen molar-refractivity contribution < 1.29 is 39.4 Å². The number of carbonyl (C=O) groups is 1. The van der Waals surface area contributed by atoms with Gasteiger partial charge in [0.2, 0.25) is 6.29 Å². The lowest BCUT2D eigenvalue weighted by atomic mass is 9.99. The van der Waals surface area contributed by atoms with Gasteiger partial charge < -0.3 is 34.6 Å². The Balaban J connectivity index is 2.21. The number of carbonyl (C=O) groups excluding carboxylic acids is 1. The highest BCUT2D eigenvalue weighted by Crippen LogP contribution is 2.32. The first-order valence-corrected chi connectivity index (χ1v) is 7.61. The first-order chi connectivity index (χ1) is 11.4. The van der Waals surface area contributed by atoms with Gasteiger partial charge in [0.05, 0.1) is 13.7 Å². The van der Waals surface area contributed by atoms with E-state index in [1.165, 1.54) is 19.2 Å². The molecule has 3 unspecified atom stereocenters. The minimum atomic E-state index is -1.53. The lowest BCUT2D eigenvalue weighted by Crippen LogP contribution is -2.60.